The Morgan fingerprint density at radius 1 is 1.15 bits per heavy atom. The normalized spacial score (nSPS) is 13.1. The largest absolute Gasteiger partial charge is 0.347 e. The molecular weight excluding hydrogens is 386 g/mol. The van der Waals surface area contributed by atoms with Gasteiger partial charge in [-0.1, -0.05) is 0 Å². The number of thioether (sulfide) groups is 1. The second kappa shape index (κ2) is 10.1. The second-order valence-electron chi connectivity index (χ2n) is 7.13. The number of rotatable bonds is 9. The van der Waals surface area contributed by atoms with Crippen molar-refractivity contribution in [2.45, 2.75) is 45.7 Å². The highest BCUT2D eigenvalue weighted by Crippen LogP contribution is 2.13. The molecule has 0 heterocycles. The van der Waals surface area contributed by atoms with Gasteiger partial charge < -0.3 is 10.6 Å². The minimum absolute atomic E-state index is 0.0896. The Labute approximate surface area is 166 Å². The van der Waals surface area contributed by atoms with Gasteiger partial charge >= 0.3 is 0 Å². The zero-order valence-electron chi connectivity index (χ0n) is 16.5. The van der Waals surface area contributed by atoms with Crippen LogP contribution in [0.1, 0.15) is 44.5 Å². The first-order chi connectivity index (χ1) is 12.5. The predicted molar refractivity (Wildman–Crippen MR) is 112 cm³/mol. The molecule has 0 fully saturated rings. The van der Waals surface area contributed by atoms with Crippen molar-refractivity contribution in [2.75, 3.05) is 23.1 Å². The summed E-state index contributed by atoms with van der Waals surface area (Å²) in [7, 11) is -3.49. The lowest BCUT2D eigenvalue weighted by atomic mass is 10.1. The lowest BCUT2D eigenvalue weighted by Gasteiger charge is -2.20. The topological polar surface area (TPSA) is 104 Å². The fourth-order valence-electron chi connectivity index (χ4n) is 2.13. The van der Waals surface area contributed by atoms with E-state index in [-0.39, 0.29) is 17.2 Å². The van der Waals surface area contributed by atoms with Crippen LogP contribution in [0.15, 0.2) is 24.3 Å². The van der Waals surface area contributed by atoms with Crippen LogP contribution in [0, 0.1) is 0 Å². The maximum absolute atomic E-state index is 12.5. The van der Waals surface area contributed by atoms with E-state index in [4.69, 9.17) is 0 Å². The summed E-state index contributed by atoms with van der Waals surface area (Å²) in [6.07, 6.45) is 2.28. The van der Waals surface area contributed by atoms with Crippen molar-refractivity contribution in [3.63, 3.8) is 0 Å². The molecule has 0 saturated heterocycles. The van der Waals surface area contributed by atoms with Crippen LogP contribution < -0.4 is 15.4 Å². The van der Waals surface area contributed by atoms with E-state index in [2.05, 4.69) is 15.4 Å². The molecule has 0 aromatic heterocycles. The number of hydrogen-bond donors (Lipinski definition) is 3. The molecule has 1 rings (SSSR count). The van der Waals surface area contributed by atoms with Crippen LogP contribution >= 0.6 is 11.8 Å². The third-order valence-electron chi connectivity index (χ3n) is 3.53. The van der Waals surface area contributed by atoms with Gasteiger partial charge in [0.25, 0.3) is 5.91 Å². The maximum Gasteiger partial charge on any atom is 0.251 e. The molecule has 0 spiro atoms. The molecule has 3 N–H and O–H groups in total. The van der Waals surface area contributed by atoms with E-state index in [0.717, 1.165) is 0 Å². The van der Waals surface area contributed by atoms with Crippen LogP contribution in [0.3, 0.4) is 0 Å². The average molecular weight is 416 g/mol. The number of carbonyl (C=O) groups excluding carboxylic acids is 2. The molecule has 2 amide bonds. The molecule has 9 heteroatoms. The van der Waals surface area contributed by atoms with Crippen molar-refractivity contribution < 1.29 is 18.0 Å². The molecule has 0 saturated carbocycles. The Kier molecular flexibility index (Phi) is 8.77. The third kappa shape index (κ3) is 8.77. The fourth-order valence-corrected chi connectivity index (χ4v) is 3.42. The van der Waals surface area contributed by atoms with Crippen LogP contribution in [0.4, 0.5) is 5.69 Å². The molecule has 152 valence electrons. The summed E-state index contributed by atoms with van der Waals surface area (Å²) in [5.41, 5.74) is 0.635. The Balaban J connectivity index is 2.82. The number of carbonyl (C=O) groups is 2. The highest BCUT2D eigenvalue weighted by atomic mass is 32.2. The Morgan fingerprint density at radius 2 is 1.74 bits per heavy atom. The number of anilines is 1. The molecule has 1 aromatic carbocycles. The molecule has 27 heavy (non-hydrogen) atoms. The van der Waals surface area contributed by atoms with E-state index < -0.39 is 22.0 Å². The molecule has 0 aliphatic carbocycles. The third-order valence-corrected chi connectivity index (χ3v) is 5.58. The van der Waals surface area contributed by atoms with Gasteiger partial charge in [-0.15, -0.1) is 0 Å². The van der Waals surface area contributed by atoms with Crippen molar-refractivity contribution >= 4 is 39.3 Å². The van der Waals surface area contributed by atoms with Crippen LogP contribution in [0.5, 0.6) is 0 Å². The van der Waals surface area contributed by atoms with E-state index in [1.54, 1.807) is 24.3 Å². The first-order valence-electron chi connectivity index (χ1n) is 8.70. The Bertz CT molecular complexity index is 741. The van der Waals surface area contributed by atoms with Crippen LogP contribution in [-0.4, -0.2) is 49.6 Å². The van der Waals surface area contributed by atoms with Gasteiger partial charge in [-0.2, -0.15) is 11.8 Å². The number of hydrogen-bond acceptors (Lipinski definition) is 5. The SMILES string of the molecule is CCS(=O)(=O)N[C@H](CCSC)C(=O)Nc1ccc(C(=O)NC(C)(C)C)cc1. The van der Waals surface area contributed by atoms with Crippen LogP contribution in [-0.2, 0) is 14.8 Å². The summed E-state index contributed by atoms with van der Waals surface area (Å²) in [6, 6.07) is 5.63. The summed E-state index contributed by atoms with van der Waals surface area (Å²) >= 11 is 1.54. The predicted octanol–water partition coefficient (Wildman–Crippen LogP) is 2.21. The standard InChI is InChI=1S/C18H29N3O4S2/c1-6-27(24,25)21-15(11-12-26-5)17(23)19-14-9-7-13(8-10-14)16(22)20-18(2,3)4/h7-10,15,21H,6,11-12H2,1-5H3,(H,19,23)(H,20,22)/t15-/m1/s1. The monoisotopic (exact) mass is 415 g/mol. The molecule has 0 aliphatic heterocycles. The molecule has 0 radical (unpaired) electrons. The fraction of sp³-hybridized carbons (Fsp3) is 0.556. The first-order valence-corrected chi connectivity index (χ1v) is 11.7. The van der Waals surface area contributed by atoms with Gasteiger partial charge in [-0.25, -0.2) is 13.1 Å². The smallest absolute Gasteiger partial charge is 0.251 e. The number of amides is 2. The number of sulfonamides is 1. The first kappa shape index (κ1) is 23.5. The summed E-state index contributed by atoms with van der Waals surface area (Å²) in [4.78, 5) is 24.6. The van der Waals surface area contributed by atoms with Gasteiger partial charge in [-0.05, 0) is 70.4 Å². The van der Waals surface area contributed by atoms with E-state index >= 15 is 0 Å². The van der Waals surface area contributed by atoms with Crippen molar-refractivity contribution in [3.8, 4) is 0 Å². The molecule has 0 aliphatic rings. The second-order valence-corrected chi connectivity index (χ2v) is 10.2. The van der Waals surface area contributed by atoms with Crippen molar-refractivity contribution in [1.82, 2.24) is 10.0 Å². The Morgan fingerprint density at radius 3 is 2.22 bits per heavy atom. The van der Waals surface area contributed by atoms with Gasteiger partial charge in [0.15, 0.2) is 0 Å². The summed E-state index contributed by atoms with van der Waals surface area (Å²) in [6.45, 7) is 7.20. The van der Waals surface area contributed by atoms with Crippen molar-refractivity contribution in [2.24, 2.45) is 0 Å². The highest BCUT2D eigenvalue weighted by molar-refractivity contribution is 7.98. The molecular formula is C18H29N3O4S2. The molecule has 0 unspecified atom stereocenters. The summed E-state index contributed by atoms with van der Waals surface area (Å²) in [5, 5.41) is 5.57. The highest BCUT2D eigenvalue weighted by Gasteiger charge is 2.23. The van der Waals surface area contributed by atoms with E-state index in [0.29, 0.717) is 23.4 Å². The molecule has 0 bridgehead atoms. The van der Waals surface area contributed by atoms with E-state index in [1.165, 1.54) is 18.7 Å². The summed E-state index contributed by atoms with van der Waals surface area (Å²) in [5.74, 6) is -0.0639. The van der Waals surface area contributed by atoms with Crippen molar-refractivity contribution in [1.29, 1.82) is 0 Å². The number of benzene rings is 1. The molecule has 1 aromatic rings. The lowest BCUT2D eigenvalue weighted by Crippen LogP contribution is -2.44. The number of nitrogens with one attached hydrogen (secondary N) is 3. The van der Waals surface area contributed by atoms with Gasteiger partial charge in [-0.3, -0.25) is 9.59 Å². The van der Waals surface area contributed by atoms with Crippen molar-refractivity contribution in [3.05, 3.63) is 29.8 Å². The zero-order valence-corrected chi connectivity index (χ0v) is 18.1. The van der Waals surface area contributed by atoms with Gasteiger partial charge in [0.1, 0.15) is 6.04 Å². The minimum atomic E-state index is -3.49. The van der Waals surface area contributed by atoms with Gasteiger partial charge in [0.2, 0.25) is 15.9 Å². The van der Waals surface area contributed by atoms with Gasteiger partial charge in [0, 0.05) is 16.8 Å². The van der Waals surface area contributed by atoms with E-state index in [1.807, 2.05) is 27.0 Å². The Hall–Kier alpha value is -1.58. The van der Waals surface area contributed by atoms with E-state index in [9.17, 15) is 18.0 Å². The maximum atomic E-state index is 12.5. The van der Waals surface area contributed by atoms with Gasteiger partial charge in [0.05, 0.1) is 5.75 Å². The van der Waals surface area contributed by atoms with Crippen LogP contribution in [0.25, 0.3) is 0 Å². The molecule has 1 atom stereocenters. The van der Waals surface area contributed by atoms with Crippen LogP contribution in [0.2, 0.25) is 0 Å². The minimum Gasteiger partial charge on any atom is -0.347 e. The summed E-state index contributed by atoms with van der Waals surface area (Å²) < 4.78 is 26.1. The quantitative estimate of drug-likeness (QED) is 0.574. The average Bonchev–Trinajstić information content (AvgIpc) is 2.57. The molecule has 7 nitrogen and oxygen atoms in total. The lowest BCUT2D eigenvalue weighted by molar-refractivity contribution is -0.117. The zero-order chi connectivity index (χ0) is 20.7.